The smallest absolute Gasteiger partial charge is 0.295 e. The van der Waals surface area contributed by atoms with E-state index in [4.69, 9.17) is 9.15 Å². The summed E-state index contributed by atoms with van der Waals surface area (Å²) in [5.74, 6) is 0.700. The van der Waals surface area contributed by atoms with Gasteiger partial charge in [0, 0.05) is 17.5 Å². The first-order valence-electron chi connectivity index (χ1n) is 9.49. The number of benzene rings is 3. The van der Waals surface area contributed by atoms with Gasteiger partial charge in [-0.3, -0.25) is 8.93 Å². The number of methoxy groups -OCH3 is 1. The van der Waals surface area contributed by atoms with Crippen LogP contribution in [-0.2, 0) is 26.6 Å². The zero-order valence-electron chi connectivity index (χ0n) is 17.0. The topological polar surface area (TPSA) is 85.6 Å². The van der Waals surface area contributed by atoms with Gasteiger partial charge in [-0.25, -0.2) is 0 Å². The van der Waals surface area contributed by atoms with Crippen LogP contribution >= 0.6 is 0 Å². The van der Waals surface area contributed by atoms with Gasteiger partial charge in [0.1, 0.15) is 11.3 Å². The number of sulfonamides is 1. The Morgan fingerprint density at radius 2 is 1.81 bits per heavy atom. The van der Waals surface area contributed by atoms with Crippen LogP contribution in [0.15, 0.2) is 87.2 Å². The second-order valence-corrected chi connectivity index (χ2v) is 10.1. The van der Waals surface area contributed by atoms with E-state index in [1.807, 2.05) is 31.2 Å². The number of para-hydroxylation sites is 1. The fourth-order valence-electron chi connectivity index (χ4n) is 3.23. The molecule has 0 fully saturated rings. The third kappa shape index (κ3) is 4.65. The van der Waals surface area contributed by atoms with E-state index in [1.54, 1.807) is 36.4 Å². The summed E-state index contributed by atoms with van der Waals surface area (Å²) in [6.45, 7) is 1.96. The Bertz CT molecular complexity index is 1340. The van der Waals surface area contributed by atoms with Crippen molar-refractivity contribution < 1.29 is 21.8 Å². The minimum atomic E-state index is -4.04. The molecular formula is C23H21NO5S2. The number of rotatable bonds is 7. The summed E-state index contributed by atoms with van der Waals surface area (Å²) < 4.78 is 52.4. The Morgan fingerprint density at radius 1 is 1.00 bits per heavy atom. The Labute approximate surface area is 183 Å². The maximum Gasteiger partial charge on any atom is 0.295 e. The summed E-state index contributed by atoms with van der Waals surface area (Å²) in [5, 5.41) is 0.462. The molecule has 6 nitrogen and oxygen atoms in total. The average Bonchev–Trinajstić information content (AvgIpc) is 3.19. The van der Waals surface area contributed by atoms with Crippen molar-refractivity contribution in [1.82, 2.24) is 0 Å². The largest absolute Gasteiger partial charge is 0.497 e. The molecule has 0 radical (unpaired) electrons. The summed E-state index contributed by atoms with van der Waals surface area (Å²) in [6, 6.07) is 21.0. The summed E-state index contributed by atoms with van der Waals surface area (Å²) in [5.41, 5.74) is 2.62. The van der Waals surface area contributed by atoms with Crippen LogP contribution in [0.25, 0.3) is 11.0 Å². The minimum absolute atomic E-state index is 0.186. The number of furan rings is 1. The predicted octanol–water partition coefficient (Wildman–Crippen LogP) is 4.86. The van der Waals surface area contributed by atoms with Crippen molar-refractivity contribution in [3.8, 4) is 5.75 Å². The van der Waals surface area contributed by atoms with Crippen LogP contribution in [-0.4, -0.2) is 19.7 Å². The summed E-state index contributed by atoms with van der Waals surface area (Å²) in [7, 11) is -4.04. The molecule has 0 bridgehead atoms. The number of ether oxygens (including phenoxy) is 1. The van der Waals surface area contributed by atoms with Crippen LogP contribution in [0.1, 0.15) is 11.1 Å². The van der Waals surface area contributed by atoms with E-state index >= 15 is 0 Å². The summed E-state index contributed by atoms with van der Waals surface area (Å²) in [6.07, 6.45) is 0. The lowest BCUT2D eigenvalue weighted by atomic mass is 10.2. The van der Waals surface area contributed by atoms with E-state index in [-0.39, 0.29) is 16.5 Å². The molecule has 3 aromatic carbocycles. The predicted molar refractivity (Wildman–Crippen MR) is 121 cm³/mol. The highest BCUT2D eigenvalue weighted by atomic mass is 32.2. The number of hydrogen-bond acceptors (Lipinski definition) is 5. The molecule has 31 heavy (non-hydrogen) atoms. The Morgan fingerprint density at radius 3 is 2.55 bits per heavy atom. The molecule has 1 N–H and O–H groups in total. The second-order valence-electron chi connectivity index (χ2n) is 7.05. The lowest BCUT2D eigenvalue weighted by molar-refractivity contribution is 0.414. The van der Waals surface area contributed by atoms with Crippen molar-refractivity contribution in [2.24, 2.45) is 0 Å². The van der Waals surface area contributed by atoms with Crippen LogP contribution in [0, 0.1) is 6.92 Å². The molecule has 0 spiro atoms. The van der Waals surface area contributed by atoms with E-state index in [2.05, 4.69) is 4.72 Å². The van der Waals surface area contributed by atoms with Crippen LogP contribution in [0.5, 0.6) is 5.75 Å². The van der Waals surface area contributed by atoms with Crippen molar-refractivity contribution >= 4 is 37.5 Å². The van der Waals surface area contributed by atoms with Gasteiger partial charge in [-0.1, -0.05) is 48.0 Å². The third-order valence-corrected chi connectivity index (χ3v) is 7.39. The Hall–Kier alpha value is -3.10. The Balaban J connectivity index is 1.68. The van der Waals surface area contributed by atoms with Crippen molar-refractivity contribution in [3.63, 3.8) is 0 Å². The highest BCUT2D eigenvalue weighted by molar-refractivity contribution is 7.92. The fraction of sp³-hybridized carbons (Fsp3) is 0.130. The minimum Gasteiger partial charge on any atom is -0.497 e. The first-order valence-corrected chi connectivity index (χ1v) is 12.3. The number of nitrogens with one attached hydrogen (secondary N) is 1. The maximum absolute atomic E-state index is 13.1. The standard InChI is InChI=1S/C23H21NO5S2/c1-16-6-5-7-17(12-16)15-30(25)22-11-10-19(28-2)14-20(22)24-31(26,27)23-13-18-8-3-4-9-21(18)29-23/h3-14,24H,15H2,1-2H3. The van der Waals surface area contributed by atoms with Gasteiger partial charge < -0.3 is 9.15 Å². The van der Waals surface area contributed by atoms with Crippen molar-refractivity contribution in [2.45, 2.75) is 22.7 Å². The second kappa shape index (κ2) is 8.56. The fourth-order valence-corrected chi connectivity index (χ4v) is 5.55. The number of fused-ring (bicyclic) bond motifs is 1. The van der Waals surface area contributed by atoms with Crippen LogP contribution in [0.2, 0.25) is 0 Å². The van der Waals surface area contributed by atoms with Gasteiger partial charge in [0.2, 0.25) is 5.09 Å². The first-order chi connectivity index (χ1) is 14.9. The molecule has 1 aromatic heterocycles. The molecule has 1 heterocycles. The van der Waals surface area contributed by atoms with E-state index in [0.29, 0.717) is 21.6 Å². The van der Waals surface area contributed by atoms with Crippen molar-refractivity contribution in [3.05, 3.63) is 83.9 Å². The third-order valence-electron chi connectivity index (χ3n) is 4.72. The van der Waals surface area contributed by atoms with E-state index in [0.717, 1.165) is 11.1 Å². The van der Waals surface area contributed by atoms with Gasteiger partial charge in [-0.05, 0) is 30.7 Å². The van der Waals surface area contributed by atoms with Gasteiger partial charge in [-0.15, -0.1) is 0 Å². The highest BCUT2D eigenvalue weighted by Crippen LogP contribution is 2.30. The molecular weight excluding hydrogens is 434 g/mol. The average molecular weight is 456 g/mol. The molecule has 0 saturated heterocycles. The van der Waals surface area contributed by atoms with Gasteiger partial charge in [0.25, 0.3) is 10.0 Å². The normalized spacial score (nSPS) is 12.6. The summed E-state index contributed by atoms with van der Waals surface area (Å²) >= 11 is 0. The zero-order chi connectivity index (χ0) is 22.0. The zero-order valence-corrected chi connectivity index (χ0v) is 18.6. The molecule has 0 aliphatic carbocycles. The molecule has 4 rings (SSSR count). The maximum atomic E-state index is 13.1. The molecule has 0 aliphatic rings. The molecule has 160 valence electrons. The molecule has 1 atom stereocenters. The number of hydrogen-bond donors (Lipinski definition) is 1. The lowest BCUT2D eigenvalue weighted by Crippen LogP contribution is -2.14. The Kier molecular flexibility index (Phi) is 5.84. The quantitative estimate of drug-likeness (QED) is 0.430. The molecule has 1 unspecified atom stereocenters. The van der Waals surface area contributed by atoms with Gasteiger partial charge in [-0.2, -0.15) is 8.42 Å². The van der Waals surface area contributed by atoms with Crippen molar-refractivity contribution in [1.29, 1.82) is 0 Å². The molecule has 0 aliphatic heterocycles. The van der Waals surface area contributed by atoms with Gasteiger partial charge in [0.15, 0.2) is 0 Å². The SMILES string of the molecule is COc1ccc(S(=O)Cc2cccc(C)c2)c(NS(=O)(=O)c2cc3ccccc3o2)c1. The monoisotopic (exact) mass is 455 g/mol. The van der Waals surface area contributed by atoms with Crippen LogP contribution in [0.3, 0.4) is 0 Å². The molecule has 0 saturated carbocycles. The van der Waals surface area contributed by atoms with Crippen molar-refractivity contribution in [2.75, 3.05) is 11.8 Å². The molecule has 8 heteroatoms. The number of aryl methyl sites for hydroxylation is 1. The van der Waals surface area contributed by atoms with E-state index in [1.165, 1.54) is 19.2 Å². The van der Waals surface area contributed by atoms with Gasteiger partial charge in [0.05, 0.1) is 34.2 Å². The lowest BCUT2D eigenvalue weighted by Gasteiger charge is -2.13. The van der Waals surface area contributed by atoms with Crippen LogP contribution < -0.4 is 9.46 Å². The van der Waals surface area contributed by atoms with Gasteiger partial charge >= 0.3 is 0 Å². The van der Waals surface area contributed by atoms with Crippen LogP contribution in [0.4, 0.5) is 5.69 Å². The number of anilines is 1. The summed E-state index contributed by atoms with van der Waals surface area (Å²) in [4.78, 5) is 0.363. The van der Waals surface area contributed by atoms with E-state index in [9.17, 15) is 12.6 Å². The first kappa shape index (κ1) is 21.1. The molecule has 4 aromatic rings. The van der Waals surface area contributed by atoms with E-state index < -0.39 is 20.8 Å². The molecule has 0 amide bonds. The highest BCUT2D eigenvalue weighted by Gasteiger charge is 2.23.